The highest BCUT2D eigenvalue weighted by Gasteiger charge is 2.17. The summed E-state index contributed by atoms with van der Waals surface area (Å²) in [4.78, 5) is 0. The van der Waals surface area contributed by atoms with E-state index in [9.17, 15) is 0 Å². The van der Waals surface area contributed by atoms with Crippen molar-refractivity contribution >= 4 is 0 Å². The van der Waals surface area contributed by atoms with Gasteiger partial charge in [-0.15, -0.1) is 0 Å². The molecule has 0 aliphatic rings. The maximum absolute atomic E-state index is 6.52. The molecule has 0 aromatic heterocycles. The number of rotatable bonds is 30. The molecule has 9 nitrogen and oxygen atoms in total. The Hall–Kier alpha value is -3.96. The lowest BCUT2D eigenvalue weighted by Gasteiger charge is -2.20. The van der Waals surface area contributed by atoms with Crippen molar-refractivity contribution in [1.29, 1.82) is 0 Å². The molecule has 0 saturated carbocycles. The molecule has 9 heteroatoms. The van der Waals surface area contributed by atoms with E-state index >= 15 is 0 Å². The van der Waals surface area contributed by atoms with E-state index in [0.29, 0.717) is 72.5 Å². The molecule has 0 heterocycles. The fraction of sp³-hybridized carbons (Fsp3) is 0.478. The lowest BCUT2D eigenvalue weighted by atomic mass is 9.93. The second-order valence-electron chi connectivity index (χ2n) is 13.8. The van der Waals surface area contributed by atoms with Gasteiger partial charge in [0.2, 0.25) is 0 Å². The van der Waals surface area contributed by atoms with Crippen LogP contribution in [0.1, 0.15) is 72.8 Å². The molecule has 0 amide bonds. The second kappa shape index (κ2) is 26.8. The first-order chi connectivity index (χ1) is 27.1. The summed E-state index contributed by atoms with van der Waals surface area (Å²) in [6.07, 6.45) is 9.22. The van der Waals surface area contributed by atoms with Gasteiger partial charge in [-0.25, -0.2) is 0 Å². The largest absolute Gasteiger partial charge is 0.494 e. The Bertz CT molecular complexity index is 1630. The van der Waals surface area contributed by atoms with E-state index in [1.54, 1.807) is 7.11 Å². The third-order valence-corrected chi connectivity index (χ3v) is 9.28. The second-order valence-corrected chi connectivity index (χ2v) is 13.8. The molecule has 300 valence electrons. The first-order valence-electron chi connectivity index (χ1n) is 20.2. The van der Waals surface area contributed by atoms with Crippen LogP contribution in [-0.4, -0.2) is 66.4 Å². The molecule has 0 radical (unpaired) electrons. The van der Waals surface area contributed by atoms with Gasteiger partial charge in [-0.3, -0.25) is 0 Å². The number of hydrogen-bond donors (Lipinski definition) is 3. The van der Waals surface area contributed by atoms with Gasteiger partial charge in [-0.1, -0.05) is 60.7 Å². The van der Waals surface area contributed by atoms with Crippen LogP contribution >= 0.6 is 0 Å². The summed E-state index contributed by atoms with van der Waals surface area (Å²) < 4.78 is 36.0. The van der Waals surface area contributed by atoms with Crippen LogP contribution in [0.15, 0.2) is 84.9 Å². The van der Waals surface area contributed by atoms with Crippen molar-refractivity contribution in [1.82, 2.24) is 0 Å². The summed E-state index contributed by atoms with van der Waals surface area (Å²) in [5.41, 5.74) is 25.5. The van der Waals surface area contributed by atoms with E-state index in [-0.39, 0.29) is 0 Å². The van der Waals surface area contributed by atoms with E-state index < -0.39 is 0 Å². The van der Waals surface area contributed by atoms with Crippen molar-refractivity contribution in [2.45, 2.75) is 77.4 Å². The van der Waals surface area contributed by atoms with Gasteiger partial charge in [0.15, 0.2) is 0 Å². The van der Waals surface area contributed by atoms with E-state index in [0.717, 1.165) is 104 Å². The molecule has 0 saturated heterocycles. The number of methoxy groups -OCH3 is 1. The molecule has 55 heavy (non-hydrogen) atoms. The zero-order valence-electron chi connectivity index (χ0n) is 33.1. The average Bonchev–Trinajstić information content (AvgIpc) is 3.21. The molecular weight excluding hydrogens is 691 g/mol. The Morgan fingerprint density at radius 2 is 1.04 bits per heavy atom. The highest BCUT2D eigenvalue weighted by atomic mass is 16.5. The molecule has 0 aliphatic heterocycles. The van der Waals surface area contributed by atoms with Gasteiger partial charge in [-0.05, 0) is 136 Å². The predicted octanol–water partition coefficient (Wildman–Crippen LogP) is 7.80. The molecule has 0 aliphatic carbocycles. The minimum Gasteiger partial charge on any atom is -0.494 e. The Balaban J connectivity index is 1.20. The number of benzene rings is 4. The molecule has 0 atom stereocenters. The van der Waals surface area contributed by atoms with Crippen LogP contribution in [-0.2, 0) is 46.7 Å². The molecule has 0 unspecified atom stereocenters. The van der Waals surface area contributed by atoms with Crippen LogP contribution in [0.4, 0.5) is 0 Å². The Morgan fingerprint density at radius 3 is 1.73 bits per heavy atom. The number of hydrogen-bond acceptors (Lipinski definition) is 9. The Kier molecular flexibility index (Phi) is 21.3. The maximum Gasteiger partial charge on any atom is 0.127 e. The molecule has 4 rings (SSSR count). The molecular formula is C46H65N3O6. The van der Waals surface area contributed by atoms with Gasteiger partial charge in [0.25, 0.3) is 0 Å². The van der Waals surface area contributed by atoms with E-state index in [2.05, 4.69) is 60.7 Å². The standard InChI is InChI=1S/C46H65N3O6/c1-50-30-31-55-44-20-8-17-41(18-11-25-49)46(44)43-22-21-38(16-10-24-48)34-45(43)54-29-5-3-27-52-36-40-14-6-13-39(32-40)35-51-26-2-4-28-53-42-19-7-12-37(33-42)15-9-23-47/h6-8,12-14,17,19-22,32-34H,2-5,9-11,15-16,18,23-31,35-36,47-49H2,1H3. The van der Waals surface area contributed by atoms with Crippen LogP contribution in [0.5, 0.6) is 17.2 Å². The summed E-state index contributed by atoms with van der Waals surface area (Å²) in [6.45, 7) is 6.75. The zero-order valence-corrected chi connectivity index (χ0v) is 33.1. The minimum absolute atomic E-state index is 0.469. The highest BCUT2D eigenvalue weighted by molar-refractivity contribution is 5.79. The van der Waals surface area contributed by atoms with Gasteiger partial charge < -0.3 is 45.6 Å². The van der Waals surface area contributed by atoms with Crippen molar-refractivity contribution < 1.29 is 28.4 Å². The monoisotopic (exact) mass is 755 g/mol. The molecule has 0 spiro atoms. The van der Waals surface area contributed by atoms with Crippen molar-refractivity contribution in [2.24, 2.45) is 17.2 Å². The summed E-state index contributed by atoms with van der Waals surface area (Å²) in [5, 5.41) is 0. The molecule has 0 bridgehead atoms. The first-order valence-corrected chi connectivity index (χ1v) is 20.2. The van der Waals surface area contributed by atoms with Crippen LogP contribution in [0.3, 0.4) is 0 Å². The summed E-state index contributed by atoms with van der Waals surface area (Å²) in [6, 6.07) is 29.5. The smallest absolute Gasteiger partial charge is 0.127 e. The summed E-state index contributed by atoms with van der Waals surface area (Å²) >= 11 is 0. The van der Waals surface area contributed by atoms with Crippen LogP contribution in [0.25, 0.3) is 11.1 Å². The predicted molar refractivity (Wildman–Crippen MR) is 223 cm³/mol. The van der Waals surface area contributed by atoms with Crippen LogP contribution in [0, 0.1) is 0 Å². The Morgan fingerprint density at radius 1 is 0.455 bits per heavy atom. The quantitative estimate of drug-likeness (QED) is 0.0456. The fourth-order valence-electron chi connectivity index (χ4n) is 6.36. The lowest BCUT2D eigenvalue weighted by Crippen LogP contribution is -2.08. The number of nitrogens with two attached hydrogens (primary N) is 3. The number of aryl methyl sites for hydroxylation is 3. The Labute approximate surface area is 329 Å². The van der Waals surface area contributed by atoms with Crippen molar-refractivity contribution in [3.63, 3.8) is 0 Å². The summed E-state index contributed by atoms with van der Waals surface area (Å²) in [7, 11) is 1.68. The van der Waals surface area contributed by atoms with E-state index in [1.807, 2.05) is 24.3 Å². The van der Waals surface area contributed by atoms with Gasteiger partial charge >= 0.3 is 0 Å². The van der Waals surface area contributed by atoms with E-state index in [4.69, 9.17) is 45.6 Å². The average molecular weight is 756 g/mol. The highest BCUT2D eigenvalue weighted by Crippen LogP contribution is 2.40. The molecule has 6 N–H and O–H groups in total. The van der Waals surface area contributed by atoms with Crippen LogP contribution in [0.2, 0.25) is 0 Å². The fourth-order valence-corrected chi connectivity index (χ4v) is 6.36. The van der Waals surface area contributed by atoms with Gasteiger partial charge in [0, 0.05) is 31.5 Å². The maximum atomic E-state index is 6.52. The number of unbranched alkanes of at least 4 members (excludes halogenated alkanes) is 2. The van der Waals surface area contributed by atoms with Crippen molar-refractivity contribution in [3.05, 3.63) is 113 Å². The van der Waals surface area contributed by atoms with E-state index in [1.165, 1.54) is 16.7 Å². The normalized spacial score (nSPS) is 11.2. The number of ether oxygens (including phenoxy) is 6. The topological polar surface area (TPSA) is 133 Å². The third-order valence-electron chi connectivity index (χ3n) is 9.28. The van der Waals surface area contributed by atoms with Gasteiger partial charge in [0.05, 0.1) is 33.0 Å². The SMILES string of the molecule is COCCOc1cccc(CCCN)c1-c1ccc(CCCN)cc1OCCCCOCc1cccc(COCCCCOc2cccc(CCCN)c2)c1. The van der Waals surface area contributed by atoms with Crippen LogP contribution < -0.4 is 31.4 Å². The molecule has 4 aromatic carbocycles. The minimum atomic E-state index is 0.469. The van der Waals surface area contributed by atoms with Crippen molar-refractivity contribution in [3.8, 4) is 28.4 Å². The third kappa shape index (κ3) is 16.4. The molecule has 4 aromatic rings. The van der Waals surface area contributed by atoms with Crippen molar-refractivity contribution in [2.75, 3.05) is 66.4 Å². The van der Waals surface area contributed by atoms with Gasteiger partial charge in [-0.2, -0.15) is 0 Å². The first kappa shape index (κ1) is 43.8. The van der Waals surface area contributed by atoms with Gasteiger partial charge in [0.1, 0.15) is 23.9 Å². The summed E-state index contributed by atoms with van der Waals surface area (Å²) in [5.74, 6) is 2.61. The zero-order chi connectivity index (χ0) is 38.8. The lowest BCUT2D eigenvalue weighted by molar-refractivity contribution is 0.110. The molecule has 0 fully saturated rings.